The largest absolute Gasteiger partial charge is 0.464 e. The molecule has 0 saturated carbocycles. The minimum atomic E-state index is -0.0247. The number of furan rings is 1. The molecule has 0 radical (unpaired) electrons. The number of nitrogens with zero attached hydrogens (tertiary/aromatic N) is 2. The molecule has 158 valence electrons. The van der Waals surface area contributed by atoms with Gasteiger partial charge >= 0.3 is 0 Å². The monoisotopic (exact) mass is 405 g/mol. The van der Waals surface area contributed by atoms with Crippen molar-refractivity contribution in [2.75, 3.05) is 42.9 Å². The molecule has 0 bridgehead atoms. The van der Waals surface area contributed by atoms with Crippen LogP contribution in [0.3, 0.4) is 0 Å². The van der Waals surface area contributed by atoms with Gasteiger partial charge in [-0.05, 0) is 62.2 Å². The number of likely N-dealkylation sites (N-methyl/N-ethyl adjacent to an activating group) is 1. The number of carbonyl (C=O) groups excluding carboxylic acids is 1. The molecule has 1 saturated heterocycles. The summed E-state index contributed by atoms with van der Waals surface area (Å²) in [5.41, 5.74) is 7.31. The van der Waals surface area contributed by atoms with Crippen molar-refractivity contribution in [2.45, 2.75) is 34.1 Å². The zero-order valence-electron chi connectivity index (χ0n) is 18.4. The zero-order chi connectivity index (χ0) is 21.3. The molecule has 1 aromatic heterocycles. The van der Waals surface area contributed by atoms with E-state index in [0.717, 1.165) is 66.1 Å². The Morgan fingerprint density at radius 1 is 1.03 bits per heavy atom. The van der Waals surface area contributed by atoms with Crippen molar-refractivity contribution >= 4 is 28.3 Å². The number of nitrogens with one attached hydrogen (secondary N) is 1. The maximum atomic E-state index is 12.7. The fourth-order valence-electron chi connectivity index (χ4n) is 4.20. The Labute approximate surface area is 178 Å². The Hall–Kier alpha value is -2.79. The van der Waals surface area contributed by atoms with Gasteiger partial charge in [-0.25, -0.2) is 0 Å². The van der Waals surface area contributed by atoms with E-state index in [1.165, 1.54) is 11.3 Å². The lowest BCUT2D eigenvalue weighted by molar-refractivity contribution is -0.115. The Balaban J connectivity index is 1.43. The highest BCUT2D eigenvalue weighted by molar-refractivity contribution is 5.96. The molecule has 0 aliphatic carbocycles. The van der Waals surface area contributed by atoms with Gasteiger partial charge in [0.15, 0.2) is 0 Å². The second-order valence-corrected chi connectivity index (χ2v) is 8.29. The van der Waals surface area contributed by atoms with Gasteiger partial charge in [0, 0.05) is 48.5 Å². The minimum absolute atomic E-state index is 0.0247. The molecule has 5 heteroatoms. The molecule has 30 heavy (non-hydrogen) atoms. The number of fused-ring (bicyclic) bond motifs is 1. The van der Waals surface area contributed by atoms with Gasteiger partial charge < -0.3 is 19.5 Å². The predicted octanol–water partition coefficient (Wildman–Crippen LogP) is 4.68. The molecule has 2 aromatic carbocycles. The van der Waals surface area contributed by atoms with Crippen molar-refractivity contribution in [1.29, 1.82) is 0 Å². The van der Waals surface area contributed by atoms with Crippen LogP contribution in [0.1, 0.15) is 29.2 Å². The first-order chi connectivity index (χ1) is 14.5. The number of benzene rings is 2. The Morgan fingerprint density at radius 2 is 1.80 bits per heavy atom. The lowest BCUT2D eigenvalue weighted by Crippen LogP contribution is -2.46. The number of anilines is 2. The maximum absolute atomic E-state index is 12.7. The number of amides is 1. The summed E-state index contributed by atoms with van der Waals surface area (Å²) in [6, 6.07) is 10.4. The smallest absolute Gasteiger partial charge is 0.228 e. The van der Waals surface area contributed by atoms with E-state index in [-0.39, 0.29) is 5.91 Å². The van der Waals surface area contributed by atoms with Crippen LogP contribution in [0.2, 0.25) is 0 Å². The normalized spacial score (nSPS) is 15.0. The van der Waals surface area contributed by atoms with Crippen LogP contribution in [0.5, 0.6) is 0 Å². The summed E-state index contributed by atoms with van der Waals surface area (Å²) in [6.07, 6.45) is 2.01. The molecular formula is C25H31N3O2. The van der Waals surface area contributed by atoms with Crippen LogP contribution in [0, 0.1) is 20.8 Å². The lowest BCUT2D eigenvalue weighted by atomic mass is 10.0. The third kappa shape index (κ3) is 4.08. The quantitative estimate of drug-likeness (QED) is 0.670. The van der Waals surface area contributed by atoms with Crippen molar-refractivity contribution in [3.63, 3.8) is 0 Å². The molecule has 1 aliphatic rings. The van der Waals surface area contributed by atoms with Crippen LogP contribution in [0.25, 0.3) is 11.0 Å². The van der Waals surface area contributed by atoms with Crippen molar-refractivity contribution < 1.29 is 9.21 Å². The summed E-state index contributed by atoms with van der Waals surface area (Å²) in [6.45, 7) is 13.8. The third-order valence-corrected chi connectivity index (χ3v) is 6.36. The van der Waals surface area contributed by atoms with Crippen molar-refractivity contribution in [2.24, 2.45) is 0 Å². The second-order valence-electron chi connectivity index (χ2n) is 8.29. The highest BCUT2D eigenvalue weighted by Gasteiger charge is 2.17. The average Bonchev–Trinajstić information content (AvgIpc) is 3.15. The maximum Gasteiger partial charge on any atom is 0.228 e. The Morgan fingerprint density at radius 3 is 2.50 bits per heavy atom. The summed E-state index contributed by atoms with van der Waals surface area (Å²) in [7, 11) is 0. The van der Waals surface area contributed by atoms with Crippen molar-refractivity contribution in [3.8, 4) is 0 Å². The molecule has 1 amide bonds. The van der Waals surface area contributed by atoms with Crippen LogP contribution in [0.4, 0.5) is 11.4 Å². The third-order valence-electron chi connectivity index (χ3n) is 6.36. The topological polar surface area (TPSA) is 48.7 Å². The van der Waals surface area contributed by atoms with Crippen LogP contribution >= 0.6 is 0 Å². The molecule has 5 nitrogen and oxygen atoms in total. The summed E-state index contributed by atoms with van der Waals surface area (Å²) < 4.78 is 5.75. The van der Waals surface area contributed by atoms with Gasteiger partial charge in [-0.15, -0.1) is 0 Å². The highest BCUT2D eigenvalue weighted by atomic mass is 16.3. The van der Waals surface area contributed by atoms with Crippen molar-refractivity contribution in [1.82, 2.24) is 4.90 Å². The van der Waals surface area contributed by atoms with Gasteiger partial charge in [0.25, 0.3) is 0 Å². The van der Waals surface area contributed by atoms with E-state index < -0.39 is 0 Å². The van der Waals surface area contributed by atoms with E-state index in [9.17, 15) is 4.79 Å². The molecule has 4 rings (SSSR count). The molecule has 1 fully saturated rings. The van der Waals surface area contributed by atoms with E-state index in [2.05, 4.69) is 61.0 Å². The standard InChI is InChI=1S/C25H31N3O2/c1-5-27-10-12-28(13-11-27)21-7-9-23(18(3)14-21)26-24(29)15-20-16-30-25-19(4)17(2)6-8-22(20)25/h6-9,14,16H,5,10-13,15H2,1-4H3,(H,26,29). The van der Waals surface area contributed by atoms with Crippen LogP contribution < -0.4 is 10.2 Å². The molecule has 3 aromatic rings. The van der Waals surface area contributed by atoms with Crippen molar-refractivity contribution in [3.05, 3.63) is 58.8 Å². The molecule has 0 spiro atoms. The molecule has 1 N–H and O–H groups in total. The van der Waals surface area contributed by atoms with Crippen LogP contribution in [-0.4, -0.2) is 43.5 Å². The fraction of sp³-hybridized carbons (Fsp3) is 0.400. The van der Waals surface area contributed by atoms with Crippen LogP contribution in [-0.2, 0) is 11.2 Å². The van der Waals surface area contributed by atoms with Gasteiger partial charge in [0.1, 0.15) is 5.58 Å². The lowest BCUT2D eigenvalue weighted by Gasteiger charge is -2.35. The molecule has 2 heterocycles. The van der Waals surface area contributed by atoms with Crippen LogP contribution in [0.15, 0.2) is 41.0 Å². The van der Waals surface area contributed by atoms with E-state index in [0.29, 0.717) is 6.42 Å². The number of carbonyl (C=O) groups is 1. The molecule has 0 atom stereocenters. The number of aryl methyl sites for hydroxylation is 3. The Bertz CT molecular complexity index is 1060. The predicted molar refractivity (Wildman–Crippen MR) is 124 cm³/mol. The Kier molecular flexibility index (Phi) is 5.82. The van der Waals surface area contributed by atoms with E-state index in [4.69, 9.17) is 4.42 Å². The first-order valence-electron chi connectivity index (χ1n) is 10.8. The van der Waals surface area contributed by atoms with Gasteiger partial charge in [-0.3, -0.25) is 4.79 Å². The number of hydrogen-bond acceptors (Lipinski definition) is 4. The fourth-order valence-corrected chi connectivity index (χ4v) is 4.20. The van der Waals surface area contributed by atoms with Gasteiger partial charge in [-0.2, -0.15) is 0 Å². The van der Waals surface area contributed by atoms with E-state index in [1.54, 1.807) is 6.26 Å². The molecule has 1 aliphatic heterocycles. The zero-order valence-corrected chi connectivity index (χ0v) is 18.4. The number of hydrogen-bond donors (Lipinski definition) is 1. The second kappa shape index (κ2) is 8.52. The first-order valence-corrected chi connectivity index (χ1v) is 10.8. The highest BCUT2D eigenvalue weighted by Crippen LogP contribution is 2.28. The average molecular weight is 406 g/mol. The molecular weight excluding hydrogens is 374 g/mol. The molecule has 0 unspecified atom stereocenters. The summed E-state index contributed by atoms with van der Waals surface area (Å²) in [5.74, 6) is -0.0247. The first kappa shape index (κ1) is 20.5. The van der Waals surface area contributed by atoms with E-state index in [1.807, 2.05) is 12.1 Å². The van der Waals surface area contributed by atoms with E-state index >= 15 is 0 Å². The van der Waals surface area contributed by atoms with Gasteiger partial charge in [0.2, 0.25) is 5.91 Å². The summed E-state index contributed by atoms with van der Waals surface area (Å²) >= 11 is 0. The minimum Gasteiger partial charge on any atom is -0.464 e. The van der Waals surface area contributed by atoms with Gasteiger partial charge in [-0.1, -0.05) is 19.1 Å². The number of rotatable bonds is 5. The van der Waals surface area contributed by atoms with Gasteiger partial charge in [0.05, 0.1) is 12.7 Å². The SMILES string of the molecule is CCN1CCN(c2ccc(NC(=O)Cc3coc4c(C)c(C)ccc34)c(C)c2)CC1. The summed E-state index contributed by atoms with van der Waals surface area (Å²) in [5, 5.41) is 4.10. The summed E-state index contributed by atoms with van der Waals surface area (Å²) in [4.78, 5) is 17.6. The number of piperazine rings is 1.